The number of hydrogen-bond donors (Lipinski definition) is 8. The van der Waals surface area contributed by atoms with Gasteiger partial charge in [0, 0.05) is 55.4 Å². The molecule has 0 atom stereocenters. The van der Waals surface area contributed by atoms with E-state index in [9.17, 15) is 55.3 Å². The molecule has 0 aliphatic heterocycles. The van der Waals surface area contributed by atoms with E-state index in [1.54, 1.807) is 0 Å². The quantitative estimate of drug-likeness (QED) is 0.0753. The lowest BCUT2D eigenvalue weighted by atomic mass is 10.1. The largest absolute Gasteiger partial charge is 0.508 e. The zero-order valence-electron chi connectivity index (χ0n) is 27.3. The van der Waals surface area contributed by atoms with Crippen LogP contribution in [0.3, 0.4) is 0 Å². The van der Waals surface area contributed by atoms with Crippen LogP contribution in [0.2, 0.25) is 0 Å². The third-order valence-electron chi connectivity index (χ3n) is 7.94. The molecule has 0 aromatic heterocycles. The molecule has 0 heterocycles. The molecule has 0 spiro atoms. The van der Waals surface area contributed by atoms with E-state index in [1.165, 1.54) is 84.9 Å². The number of fused-ring (bicyclic) bond motifs is 2. The van der Waals surface area contributed by atoms with Crippen LogP contribution in [0.15, 0.2) is 119 Å². The Balaban J connectivity index is 1.13. The predicted octanol–water partition coefficient (Wildman–Crippen LogP) is 4.98. The van der Waals surface area contributed by atoms with E-state index in [0.29, 0.717) is 0 Å². The van der Waals surface area contributed by atoms with Crippen LogP contribution in [0, 0.1) is 0 Å². The molecule has 18 heteroatoms. The summed E-state index contributed by atoms with van der Waals surface area (Å²) in [6.07, 6.45) is 0. The Hall–Kier alpha value is -6.86. The van der Waals surface area contributed by atoms with Crippen LogP contribution in [0.4, 0.5) is 22.7 Å². The Morgan fingerprint density at radius 1 is 0.444 bits per heavy atom. The third-order valence-corrected chi connectivity index (χ3v) is 9.77. The van der Waals surface area contributed by atoms with Crippen LogP contribution in [0.25, 0.3) is 21.5 Å². The third kappa shape index (κ3) is 7.96. The number of carbonyl (C=O) groups excluding carboxylic acids is 4. The number of anilines is 4. The van der Waals surface area contributed by atoms with E-state index < -0.39 is 53.7 Å². The molecule has 16 nitrogen and oxygen atoms in total. The van der Waals surface area contributed by atoms with Gasteiger partial charge in [-0.05, 0) is 97.1 Å². The number of phenolic OH excluding ortho intramolecular Hbond substituents is 2. The van der Waals surface area contributed by atoms with Gasteiger partial charge in [0.1, 0.15) is 21.3 Å². The molecule has 6 aromatic rings. The standard InChI is InChI=1S/C36H26N4O12S2/c41-23-7-9-25-27(17-23)31(53(47,48)49)13-11-29(25)39-33(43)19-3-1-5-21(15-19)37-35(45)36(46)38-22-6-2-4-20(16-22)34(44)40-30-12-14-32(54(50,51)52)28-18-24(42)8-10-26(28)30/h1-18,41-42H,(H,37,45)(H,38,46)(H,39,43)(H,40,44)(H,47,48,49)(H,50,51,52). The molecule has 8 N–H and O–H groups in total. The van der Waals surface area contributed by atoms with Crippen molar-refractivity contribution in [2.45, 2.75) is 9.79 Å². The lowest BCUT2D eigenvalue weighted by Crippen LogP contribution is -2.29. The van der Waals surface area contributed by atoms with E-state index >= 15 is 0 Å². The molecular weight excluding hydrogens is 745 g/mol. The number of amides is 4. The summed E-state index contributed by atoms with van der Waals surface area (Å²) in [5, 5.41) is 30.0. The summed E-state index contributed by atoms with van der Waals surface area (Å²) in [6, 6.07) is 23.2. The maximum Gasteiger partial charge on any atom is 0.314 e. The van der Waals surface area contributed by atoms with E-state index in [0.717, 1.165) is 24.3 Å². The molecule has 0 saturated carbocycles. The van der Waals surface area contributed by atoms with Gasteiger partial charge in [-0.2, -0.15) is 16.8 Å². The smallest absolute Gasteiger partial charge is 0.314 e. The normalized spacial score (nSPS) is 11.5. The number of rotatable bonds is 8. The number of nitrogens with one attached hydrogen (secondary N) is 4. The van der Waals surface area contributed by atoms with Gasteiger partial charge in [0.05, 0.1) is 0 Å². The maximum atomic E-state index is 13.2. The van der Waals surface area contributed by atoms with Gasteiger partial charge in [-0.1, -0.05) is 12.1 Å². The SMILES string of the molecule is O=C(Nc1cccc(C(=O)Nc2ccc(S(=O)(=O)O)c3cc(O)ccc23)c1)C(=O)Nc1cccc(C(=O)Nc2ccc(S(=O)(=O)O)c3cc(O)ccc23)c1. The van der Waals surface area contributed by atoms with Crippen molar-refractivity contribution in [3.05, 3.63) is 120 Å². The number of phenols is 2. The number of benzene rings is 6. The fourth-order valence-corrected chi connectivity index (χ4v) is 6.90. The lowest BCUT2D eigenvalue weighted by Gasteiger charge is -2.13. The van der Waals surface area contributed by atoms with Gasteiger partial charge in [-0.25, -0.2) is 0 Å². The van der Waals surface area contributed by atoms with Crippen molar-refractivity contribution in [2.24, 2.45) is 0 Å². The van der Waals surface area contributed by atoms with Crippen molar-refractivity contribution in [2.75, 3.05) is 21.3 Å². The summed E-state index contributed by atoms with van der Waals surface area (Å²) in [7, 11) is -9.32. The predicted molar refractivity (Wildman–Crippen MR) is 197 cm³/mol. The first kappa shape index (κ1) is 36.9. The molecule has 0 fully saturated rings. The molecule has 6 aromatic carbocycles. The summed E-state index contributed by atoms with van der Waals surface area (Å²) < 4.78 is 66.6. The average molecular weight is 771 g/mol. The molecule has 54 heavy (non-hydrogen) atoms. The van der Waals surface area contributed by atoms with Crippen molar-refractivity contribution in [1.82, 2.24) is 0 Å². The van der Waals surface area contributed by atoms with Crippen LogP contribution >= 0.6 is 0 Å². The van der Waals surface area contributed by atoms with E-state index in [1.807, 2.05) is 0 Å². The van der Waals surface area contributed by atoms with Gasteiger partial charge in [0.2, 0.25) is 0 Å². The molecule has 0 aliphatic rings. The Bertz CT molecular complexity index is 2600. The lowest BCUT2D eigenvalue weighted by molar-refractivity contribution is -0.132. The zero-order chi connectivity index (χ0) is 38.9. The minimum absolute atomic E-state index is 0.0370. The fraction of sp³-hybridized carbons (Fsp3) is 0. The number of carbonyl (C=O) groups is 4. The first-order valence-electron chi connectivity index (χ1n) is 15.4. The second kappa shape index (κ2) is 14.3. The van der Waals surface area contributed by atoms with Gasteiger partial charge < -0.3 is 31.5 Å². The summed E-state index contributed by atoms with van der Waals surface area (Å²) in [4.78, 5) is 51.0. The second-order valence-electron chi connectivity index (χ2n) is 11.6. The summed E-state index contributed by atoms with van der Waals surface area (Å²) in [5.74, 6) is -4.16. The van der Waals surface area contributed by atoms with Crippen LogP contribution in [-0.4, -0.2) is 59.8 Å². The van der Waals surface area contributed by atoms with Crippen LogP contribution < -0.4 is 21.3 Å². The summed E-state index contributed by atoms with van der Waals surface area (Å²) in [5.41, 5.74) is 0.498. The van der Waals surface area contributed by atoms with Gasteiger partial charge in [0.25, 0.3) is 32.1 Å². The summed E-state index contributed by atoms with van der Waals surface area (Å²) >= 11 is 0. The van der Waals surface area contributed by atoms with Crippen LogP contribution in [0.1, 0.15) is 20.7 Å². The van der Waals surface area contributed by atoms with E-state index in [-0.39, 0.29) is 66.9 Å². The van der Waals surface area contributed by atoms with Gasteiger partial charge in [-0.15, -0.1) is 0 Å². The Labute approximate surface area is 305 Å². The highest BCUT2D eigenvalue weighted by Crippen LogP contribution is 2.34. The fourth-order valence-electron chi connectivity index (χ4n) is 5.53. The van der Waals surface area contributed by atoms with E-state index in [2.05, 4.69) is 21.3 Å². The molecule has 6 rings (SSSR count). The van der Waals surface area contributed by atoms with Crippen LogP contribution in [-0.2, 0) is 29.8 Å². The first-order chi connectivity index (χ1) is 25.5. The maximum absolute atomic E-state index is 13.2. The highest BCUT2D eigenvalue weighted by molar-refractivity contribution is 7.86. The van der Waals surface area contributed by atoms with Crippen molar-refractivity contribution >= 4 is 88.2 Å². The van der Waals surface area contributed by atoms with Gasteiger partial charge >= 0.3 is 11.8 Å². The number of hydrogen-bond acceptors (Lipinski definition) is 10. The Morgan fingerprint density at radius 2 is 0.833 bits per heavy atom. The summed E-state index contributed by atoms with van der Waals surface area (Å²) in [6.45, 7) is 0. The highest BCUT2D eigenvalue weighted by atomic mass is 32.2. The molecule has 0 saturated heterocycles. The molecule has 0 radical (unpaired) electrons. The van der Waals surface area contributed by atoms with Crippen molar-refractivity contribution in [3.63, 3.8) is 0 Å². The first-order valence-corrected chi connectivity index (χ1v) is 18.3. The molecule has 0 bridgehead atoms. The van der Waals surface area contributed by atoms with Gasteiger partial charge in [-0.3, -0.25) is 28.3 Å². The van der Waals surface area contributed by atoms with Gasteiger partial charge in [0.15, 0.2) is 0 Å². The second-order valence-corrected chi connectivity index (χ2v) is 14.4. The molecule has 0 aliphatic carbocycles. The Kier molecular flexibility index (Phi) is 9.76. The molecule has 4 amide bonds. The minimum Gasteiger partial charge on any atom is -0.508 e. The van der Waals surface area contributed by atoms with Crippen molar-refractivity contribution < 1.29 is 55.3 Å². The zero-order valence-corrected chi connectivity index (χ0v) is 28.9. The van der Waals surface area contributed by atoms with E-state index in [4.69, 9.17) is 0 Å². The van der Waals surface area contributed by atoms with Crippen molar-refractivity contribution in [1.29, 1.82) is 0 Å². The average Bonchev–Trinajstić information content (AvgIpc) is 3.10. The topological polar surface area (TPSA) is 266 Å². The monoisotopic (exact) mass is 770 g/mol. The molecule has 274 valence electrons. The number of aromatic hydroxyl groups is 2. The van der Waals surface area contributed by atoms with Crippen LogP contribution in [0.5, 0.6) is 11.5 Å². The minimum atomic E-state index is -4.66. The molecule has 0 unspecified atom stereocenters. The Morgan fingerprint density at radius 3 is 1.20 bits per heavy atom. The highest BCUT2D eigenvalue weighted by Gasteiger charge is 2.21. The molecular formula is C36H26N4O12S2. The van der Waals surface area contributed by atoms with Crippen molar-refractivity contribution in [3.8, 4) is 11.5 Å².